The zero-order valence-electron chi connectivity index (χ0n) is 11.9. The smallest absolute Gasteiger partial charge is 0.00158 e. The van der Waals surface area contributed by atoms with Gasteiger partial charge in [0.25, 0.3) is 0 Å². The molecule has 1 unspecified atom stereocenters. The van der Waals surface area contributed by atoms with Crippen molar-refractivity contribution in [1.82, 2.24) is 4.90 Å². The van der Waals surface area contributed by atoms with E-state index in [0.717, 1.165) is 19.5 Å². The van der Waals surface area contributed by atoms with E-state index < -0.39 is 0 Å². The third-order valence-electron chi connectivity index (χ3n) is 2.82. The predicted octanol–water partition coefficient (Wildman–Crippen LogP) is 4.43. The molecule has 0 aliphatic heterocycles. The van der Waals surface area contributed by atoms with Gasteiger partial charge < -0.3 is 4.90 Å². The van der Waals surface area contributed by atoms with Gasteiger partial charge in [-0.2, -0.15) is 0 Å². The number of hydrogen-bond acceptors (Lipinski definition) is 1. The fraction of sp³-hybridized carbons (Fsp3) is 0.625. The molecular weight excluding hydrogens is 206 g/mol. The number of allylic oxidation sites excluding steroid dienone is 3. The van der Waals surface area contributed by atoms with Crippen LogP contribution in [0.2, 0.25) is 0 Å². The molecule has 0 saturated heterocycles. The molecule has 0 radical (unpaired) electrons. The molecule has 1 heteroatoms. The van der Waals surface area contributed by atoms with Crippen LogP contribution in [0.15, 0.2) is 37.0 Å². The van der Waals surface area contributed by atoms with Crippen molar-refractivity contribution in [1.29, 1.82) is 0 Å². The molecule has 1 nitrogen and oxygen atoms in total. The average molecular weight is 235 g/mol. The topological polar surface area (TPSA) is 3.24 Å². The Balaban J connectivity index is 4.11. The summed E-state index contributed by atoms with van der Waals surface area (Å²) >= 11 is 0. The van der Waals surface area contributed by atoms with Gasteiger partial charge in [-0.1, -0.05) is 30.7 Å². The van der Waals surface area contributed by atoms with Gasteiger partial charge in [0.15, 0.2) is 0 Å². The predicted molar refractivity (Wildman–Crippen MR) is 79.3 cm³/mol. The lowest BCUT2D eigenvalue weighted by Gasteiger charge is -2.22. The normalized spacial score (nSPS) is 12.2. The highest BCUT2D eigenvalue weighted by Crippen LogP contribution is 2.11. The van der Waals surface area contributed by atoms with Gasteiger partial charge in [-0.25, -0.2) is 0 Å². The largest absolute Gasteiger partial charge is 0.303 e. The van der Waals surface area contributed by atoms with Crippen molar-refractivity contribution >= 4 is 0 Å². The third-order valence-corrected chi connectivity index (χ3v) is 2.82. The van der Waals surface area contributed by atoms with Crippen LogP contribution in [0.3, 0.4) is 0 Å². The maximum absolute atomic E-state index is 3.92. The molecule has 0 aromatic carbocycles. The number of rotatable bonds is 10. The summed E-state index contributed by atoms with van der Waals surface area (Å²) in [5.41, 5.74) is 1.38. The Bertz CT molecular complexity index is 236. The Kier molecular flexibility index (Phi) is 9.84. The van der Waals surface area contributed by atoms with E-state index in [1.165, 1.54) is 25.0 Å². The van der Waals surface area contributed by atoms with Crippen LogP contribution in [0, 0.1) is 5.92 Å². The molecule has 0 spiro atoms. The van der Waals surface area contributed by atoms with Crippen molar-refractivity contribution in [2.75, 3.05) is 19.6 Å². The first-order valence-corrected chi connectivity index (χ1v) is 6.74. The van der Waals surface area contributed by atoms with Gasteiger partial charge >= 0.3 is 0 Å². The van der Waals surface area contributed by atoms with Gasteiger partial charge in [0.1, 0.15) is 0 Å². The Morgan fingerprint density at radius 3 is 2.35 bits per heavy atom. The van der Waals surface area contributed by atoms with Crippen molar-refractivity contribution in [2.45, 2.75) is 40.0 Å². The molecule has 0 N–H and O–H groups in total. The molecule has 0 aromatic heterocycles. The molecule has 0 fully saturated rings. The lowest BCUT2D eigenvalue weighted by atomic mass is 10.0. The van der Waals surface area contributed by atoms with Gasteiger partial charge in [0.2, 0.25) is 0 Å². The highest BCUT2D eigenvalue weighted by Gasteiger charge is 2.06. The lowest BCUT2D eigenvalue weighted by molar-refractivity contribution is 0.270. The molecule has 0 aliphatic carbocycles. The van der Waals surface area contributed by atoms with Crippen LogP contribution in [0.4, 0.5) is 0 Å². The van der Waals surface area contributed by atoms with Gasteiger partial charge in [0.05, 0.1) is 0 Å². The third kappa shape index (κ3) is 8.93. The summed E-state index contributed by atoms with van der Waals surface area (Å²) in [4.78, 5) is 2.52. The maximum atomic E-state index is 3.92. The molecule has 0 aromatic rings. The summed E-state index contributed by atoms with van der Waals surface area (Å²) in [7, 11) is 0. The molecule has 0 bridgehead atoms. The highest BCUT2D eigenvalue weighted by atomic mass is 15.1. The fourth-order valence-electron chi connectivity index (χ4n) is 1.95. The average Bonchev–Trinajstić information content (AvgIpc) is 2.30. The minimum atomic E-state index is 0.517. The quantitative estimate of drug-likeness (QED) is 0.506. The van der Waals surface area contributed by atoms with Crippen molar-refractivity contribution in [2.24, 2.45) is 5.92 Å². The van der Waals surface area contributed by atoms with Crippen LogP contribution >= 0.6 is 0 Å². The number of hydrogen-bond donors (Lipinski definition) is 0. The minimum Gasteiger partial charge on any atom is -0.303 e. The first-order chi connectivity index (χ1) is 8.13. The molecule has 0 heterocycles. The van der Waals surface area contributed by atoms with E-state index in [1.54, 1.807) is 0 Å². The van der Waals surface area contributed by atoms with Crippen molar-refractivity contribution in [3.63, 3.8) is 0 Å². The Morgan fingerprint density at radius 1 is 1.18 bits per heavy atom. The zero-order valence-corrected chi connectivity index (χ0v) is 11.9. The highest BCUT2D eigenvalue weighted by molar-refractivity contribution is 5.03. The number of nitrogens with zero attached hydrogens (tertiary/aromatic N) is 1. The summed E-state index contributed by atoms with van der Waals surface area (Å²) in [5.74, 6) is 0.517. The summed E-state index contributed by atoms with van der Waals surface area (Å²) in [6.45, 7) is 17.7. The van der Waals surface area contributed by atoms with Crippen molar-refractivity contribution in [3.05, 3.63) is 37.0 Å². The molecule has 0 amide bonds. The second kappa shape index (κ2) is 10.3. The first kappa shape index (κ1) is 16.2. The van der Waals surface area contributed by atoms with E-state index in [1.807, 2.05) is 6.08 Å². The molecule has 98 valence electrons. The summed E-state index contributed by atoms with van der Waals surface area (Å²) in [6.07, 6.45) is 9.85. The van der Waals surface area contributed by atoms with Crippen LogP contribution in [0.5, 0.6) is 0 Å². The van der Waals surface area contributed by atoms with Crippen molar-refractivity contribution in [3.8, 4) is 0 Å². The van der Waals surface area contributed by atoms with E-state index in [9.17, 15) is 0 Å². The SMILES string of the molecule is C=CCCN(CCC)CCC(C=C)C=C(C)C. The first-order valence-electron chi connectivity index (χ1n) is 6.74. The Labute approximate surface area is 108 Å². The van der Waals surface area contributed by atoms with Crippen LogP contribution in [-0.2, 0) is 0 Å². The van der Waals surface area contributed by atoms with Crippen LogP contribution in [-0.4, -0.2) is 24.5 Å². The molecule has 17 heavy (non-hydrogen) atoms. The zero-order chi connectivity index (χ0) is 13.1. The Morgan fingerprint density at radius 2 is 1.88 bits per heavy atom. The molecule has 1 atom stereocenters. The van der Waals surface area contributed by atoms with E-state index >= 15 is 0 Å². The van der Waals surface area contributed by atoms with E-state index in [2.05, 4.69) is 51.0 Å². The monoisotopic (exact) mass is 235 g/mol. The summed E-state index contributed by atoms with van der Waals surface area (Å²) < 4.78 is 0. The van der Waals surface area contributed by atoms with E-state index in [0.29, 0.717) is 5.92 Å². The van der Waals surface area contributed by atoms with Crippen LogP contribution < -0.4 is 0 Å². The summed E-state index contributed by atoms with van der Waals surface area (Å²) in [6, 6.07) is 0. The van der Waals surface area contributed by atoms with Crippen LogP contribution in [0.1, 0.15) is 40.0 Å². The summed E-state index contributed by atoms with van der Waals surface area (Å²) in [5, 5.41) is 0. The van der Waals surface area contributed by atoms with Crippen LogP contribution in [0.25, 0.3) is 0 Å². The molecule has 0 saturated carbocycles. The minimum absolute atomic E-state index is 0.517. The second-order valence-corrected chi connectivity index (χ2v) is 4.85. The fourth-order valence-corrected chi connectivity index (χ4v) is 1.95. The Hall–Kier alpha value is -0.820. The lowest BCUT2D eigenvalue weighted by Crippen LogP contribution is -2.27. The van der Waals surface area contributed by atoms with Gasteiger partial charge in [-0.3, -0.25) is 0 Å². The molecular formula is C16H29N. The van der Waals surface area contributed by atoms with E-state index in [4.69, 9.17) is 0 Å². The van der Waals surface area contributed by atoms with Crippen molar-refractivity contribution < 1.29 is 0 Å². The van der Waals surface area contributed by atoms with Gasteiger partial charge in [-0.15, -0.1) is 13.2 Å². The molecule has 0 aliphatic rings. The second-order valence-electron chi connectivity index (χ2n) is 4.85. The van der Waals surface area contributed by atoms with Gasteiger partial charge in [-0.05, 0) is 52.1 Å². The van der Waals surface area contributed by atoms with E-state index in [-0.39, 0.29) is 0 Å². The standard InChI is InChI=1S/C16H29N/c1-6-9-12-17(11-7-2)13-10-16(8-3)14-15(4)5/h6,8,14,16H,1,3,7,9-13H2,2,4-5H3. The molecule has 0 rings (SSSR count). The maximum Gasteiger partial charge on any atom is 0.00158 e. The van der Waals surface area contributed by atoms with Gasteiger partial charge in [0, 0.05) is 6.54 Å².